The van der Waals surface area contributed by atoms with E-state index in [1.165, 1.54) is 58.4 Å². The van der Waals surface area contributed by atoms with Crippen LogP contribution in [0.2, 0.25) is 0 Å². The van der Waals surface area contributed by atoms with Crippen molar-refractivity contribution in [2.45, 2.75) is 69.5 Å². The standard InChI is InChI=1S/C17H30N4/c1-2-17(14-18,19-15-6-7-15)8-4-9-20-11-12-21-10-3-5-16(21)13-20/h15-16,19H,2-13H2,1H3. The van der Waals surface area contributed by atoms with Gasteiger partial charge in [0, 0.05) is 31.7 Å². The highest BCUT2D eigenvalue weighted by Gasteiger charge is 2.35. The SMILES string of the molecule is CCC(C#N)(CCCN1CCN2CCCC2C1)NC1CC1. The molecule has 2 aliphatic heterocycles. The summed E-state index contributed by atoms with van der Waals surface area (Å²) in [5.41, 5.74) is -0.268. The smallest absolute Gasteiger partial charge is 0.106 e. The molecule has 3 fully saturated rings. The van der Waals surface area contributed by atoms with E-state index in [4.69, 9.17) is 0 Å². The van der Waals surface area contributed by atoms with Crippen molar-refractivity contribution in [3.63, 3.8) is 0 Å². The van der Waals surface area contributed by atoms with Crippen LogP contribution >= 0.6 is 0 Å². The topological polar surface area (TPSA) is 42.3 Å². The Bertz CT molecular complexity index is 387. The van der Waals surface area contributed by atoms with Gasteiger partial charge in [0.25, 0.3) is 0 Å². The first-order chi connectivity index (χ1) is 10.2. The highest BCUT2D eigenvalue weighted by molar-refractivity contribution is 5.09. The minimum atomic E-state index is -0.268. The fourth-order valence-electron chi connectivity index (χ4n) is 4.00. The molecule has 2 atom stereocenters. The number of hydrogen-bond acceptors (Lipinski definition) is 4. The second-order valence-electron chi connectivity index (χ2n) is 7.20. The van der Waals surface area contributed by atoms with Crippen LogP contribution in [-0.2, 0) is 0 Å². The number of nitrogens with zero attached hydrogens (tertiary/aromatic N) is 3. The molecule has 2 saturated heterocycles. The maximum Gasteiger partial charge on any atom is 0.106 e. The van der Waals surface area contributed by atoms with Crippen LogP contribution in [0.3, 0.4) is 0 Å². The first kappa shape index (κ1) is 15.3. The Hall–Kier alpha value is -0.630. The lowest BCUT2D eigenvalue weighted by molar-refractivity contribution is 0.101. The molecule has 0 spiro atoms. The van der Waals surface area contributed by atoms with Gasteiger partial charge in [0.15, 0.2) is 0 Å². The first-order valence-electron chi connectivity index (χ1n) is 8.90. The molecule has 4 heteroatoms. The molecular weight excluding hydrogens is 260 g/mol. The van der Waals surface area contributed by atoms with Crippen molar-refractivity contribution in [1.82, 2.24) is 15.1 Å². The van der Waals surface area contributed by atoms with Gasteiger partial charge in [-0.15, -0.1) is 0 Å². The molecule has 0 aromatic heterocycles. The molecule has 3 rings (SSSR count). The zero-order valence-electron chi connectivity index (χ0n) is 13.5. The Morgan fingerprint density at radius 2 is 2.10 bits per heavy atom. The Balaban J connectivity index is 1.43. The van der Waals surface area contributed by atoms with Crippen molar-refractivity contribution in [3.8, 4) is 6.07 Å². The molecule has 1 aliphatic carbocycles. The number of fused-ring (bicyclic) bond motifs is 1. The van der Waals surface area contributed by atoms with Crippen LogP contribution in [0, 0.1) is 11.3 Å². The van der Waals surface area contributed by atoms with E-state index < -0.39 is 0 Å². The van der Waals surface area contributed by atoms with E-state index in [9.17, 15) is 5.26 Å². The number of rotatable bonds is 7. The highest BCUT2D eigenvalue weighted by Crippen LogP contribution is 2.27. The Kier molecular flexibility index (Phi) is 4.83. The molecule has 0 aromatic rings. The molecule has 0 aromatic carbocycles. The molecule has 1 N–H and O–H groups in total. The van der Waals surface area contributed by atoms with E-state index in [2.05, 4.69) is 28.1 Å². The Morgan fingerprint density at radius 1 is 1.24 bits per heavy atom. The van der Waals surface area contributed by atoms with Gasteiger partial charge in [-0.05, 0) is 58.0 Å². The van der Waals surface area contributed by atoms with Gasteiger partial charge in [0.2, 0.25) is 0 Å². The van der Waals surface area contributed by atoms with Crippen molar-refractivity contribution in [3.05, 3.63) is 0 Å². The normalized spacial score (nSPS) is 29.8. The number of nitrogens with one attached hydrogen (secondary N) is 1. The van der Waals surface area contributed by atoms with Crippen molar-refractivity contribution < 1.29 is 0 Å². The lowest BCUT2D eigenvalue weighted by Gasteiger charge is -2.38. The molecule has 4 nitrogen and oxygen atoms in total. The summed E-state index contributed by atoms with van der Waals surface area (Å²) in [6, 6.07) is 4.01. The second kappa shape index (κ2) is 6.64. The fraction of sp³-hybridized carbons (Fsp3) is 0.941. The monoisotopic (exact) mass is 290 g/mol. The summed E-state index contributed by atoms with van der Waals surface area (Å²) in [6.45, 7) is 8.36. The largest absolute Gasteiger partial charge is 0.301 e. The van der Waals surface area contributed by atoms with Crippen molar-refractivity contribution in [2.75, 3.05) is 32.7 Å². The van der Waals surface area contributed by atoms with Crippen molar-refractivity contribution in [2.24, 2.45) is 0 Å². The summed E-state index contributed by atoms with van der Waals surface area (Å²) in [5, 5.41) is 13.2. The van der Waals surface area contributed by atoms with Crippen molar-refractivity contribution in [1.29, 1.82) is 5.26 Å². The molecule has 0 bridgehead atoms. The minimum Gasteiger partial charge on any atom is -0.301 e. The molecule has 1 saturated carbocycles. The molecule has 2 heterocycles. The summed E-state index contributed by atoms with van der Waals surface area (Å²) in [5.74, 6) is 0. The van der Waals surface area contributed by atoms with Gasteiger partial charge in [0.05, 0.1) is 6.07 Å². The fourth-order valence-corrected chi connectivity index (χ4v) is 4.00. The van der Waals surface area contributed by atoms with E-state index in [1.807, 2.05) is 0 Å². The number of hydrogen-bond donors (Lipinski definition) is 1. The van der Waals surface area contributed by atoms with Gasteiger partial charge < -0.3 is 4.90 Å². The summed E-state index contributed by atoms with van der Waals surface area (Å²) >= 11 is 0. The van der Waals surface area contributed by atoms with Gasteiger partial charge in [-0.25, -0.2) is 0 Å². The van der Waals surface area contributed by atoms with Crippen LogP contribution in [0.1, 0.15) is 51.9 Å². The quantitative estimate of drug-likeness (QED) is 0.778. The van der Waals surface area contributed by atoms with Crippen LogP contribution in [0.5, 0.6) is 0 Å². The molecule has 0 amide bonds. The minimum absolute atomic E-state index is 0.268. The third kappa shape index (κ3) is 3.77. The maximum absolute atomic E-state index is 9.58. The average Bonchev–Trinajstić information content (AvgIpc) is 3.20. The zero-order chi connectivity index (χ0) is 14.7. The molecule has 0 radical (unpaired) electrons. The van der Waals surface area contributed by atoms with E-state index in [-0.39, 0.29) is 5.54 Å². The van der Waals surface area contributed by atoms with E-state index in [0.717, 1.165) is 25.3 Å². The number of piperazine rings is 1. The summed E-state index contributed by atoms with van der Waals surface area (Å²) < 4.78 is 0. The van der Waals surface area contributed by atoms with Gasteiger partial charge >= 0.3 is 0 Å². The molecule has 2 unspecified atom stereocenters. The summed E-state index contributed by atoms with van der Waals surface area (Å²) in [7, 11) is 0. The van der Waals surface area contributed by atoms with Gasteiger partial charge in [0.1, 0.15) is 5.54 Å². The molecular formula is C17H30N4. The van der Waals surface area contributed by atoms with Crippen LogP contribution in [-0.4, -0.2) is 60.1 Å². The van der Waals surface area contributed by atoms with E-state index >= 15 is 0 Å². The lowest BCUT2D eigenvalue weighted by Crippen LogP contribution is -2.50. The van der Waals surface area contributed by atoms with Crippen LogP contribution in [0.4, 0.5) is 0 Å². The maximum atomic E-state index is 9.58. The number of nitriles is 1. The van der Waals surface area contributed by atoms with Crippen molar-refractivity contribution >= 4 is 0 Å². The van der Waals surface area contributed by atoms with Gasteiger partial charge in [-0.1, -0.05) is 6.92 Å². The summed E-state index contributed by atoms with van der Waals surface area (Å²) in [6.07, 6.45) is 8.36. The zero-order valence-corrected chi connectivity index (χ0v) is 13.5. The van der Waals surface area contributed by atoms with E-state index in [0.29, 0.717) is 6.04 Å². The van der Waals surface area contributed by atoms with Crippen LogP contribution < -0.4 is 5.32 Å². The van der Waals surface area contributed by atoms with Gasteiger partial charge in [-0.3, -0.25) is 10.2 Å². The van der Waals surface area contributed by atoms with Crippen LogP contribution in [0.15, 0.2) is 0 Å². The predicted molar refractivity (Wildman–Crippen MR) is 85.1 cm³/mol. The third-order valence-corrected chi connectivity index (χ3v) is 5.62. The predicted octanol–water partition coefficient (Wildman–Crippen LogP) is 1.97. The summed E-state index contributed by atoms with van der Waals surface area (Å²) in [4.78, 5) is 5.29. The van der Waals surface area contributed by atoms with Crippen LogP contribution in [0.25, 0.3) is 0 Å². The molecule has 21 heavy (non-hydrogen) atoms. The first-order valence-corrected chi connectivity index (χ1v) is 8.90. The second-order valence-corrected chi connectivity index (χ2v) is 7.20. The Labute approximate surface area is 129 Å². The van der Waals surface area contributed by atoms with Gasteiger partial charge in [-0.2, -0.15) is 5.26 Å². The highest BCUT2D eigenvalue weighted by atomic mass is 15.3. The molecule has 3 aliphatic rings. The lowest BCUT2D eigenvalue weighted by atomic mass is 9.91. The average molecular weight is 290 g/mol. The third-order valence-electron chi connectivity index (χ3n) is 5.62. The molecule has 118 valence electrons. The Morgan fingerprint density at radius 3 is 2.81 bits per heavy atom. The van der Waals surface area contributed by atoms with E-state index in [1.54, 1.807) is 0 Å².